The van der Waals surface area contributed by atoms with Gasteiger partial charge in [-0.05, 0) is 37.7 Å². The number of nitrogens with one attached hydrogen (secondary N) is 4. The van der Waals surface area contributed by atoms with Gasteiger partial charge in [0, 0.05) is 24.0 Å². The summed E-state index contributed by atoms with van der Waals surface area (Å²) in [5, 5.41) is 18.9. The van der Waals surface area contributed by atoms with E-state index < -0.39 is 23.9 Å². The molecule has 3 atom stereocenters. The van der Waals surface area contributed by atoms with E-state index in [9.17, 15) is 19.6 Å². The Morgan fingerprint density at radius 3 is 2.75 bits per heavy atom. The molecule has 0 bridgehead atoms. The first-order valence-corrected chi connectivity index (χ1v) is 11.2. The summed E-state index contributed by atoms with van der Waals surface area (Å²) in [6.45, 7) is 0.642. The van der Waals surface area contributed by atoms with Crippen molar-refractivity contribution in [2.75, 3.05) is 6.54 Å². The fraction of sp³-hybridized carbons (Fsp3) is 0.500. The van der Waals surface area contributed by atoms with Crippen molar-refractivity contribution < 1.29 is 14.4 Å². The number of nitriles is 1. The van der Waals surface area contributed by atoms with Crippen molar-refractivity contribution in [3.8, 4) is 6.07 Å². The van der Waals surface area contributed by atoms with Gasteiger partial charge in [-0.2, -0.15) is 5.26 Å². The van der Waals surface area contributed by atoms with Crippen LogP contribution >= 0.6 is 11.6 Å². The van der Waals surface area contributed by atoms with Gasteiger partial charge in [0.15, 0.2) is 0 Å². The number of piperidine rings is 1. The molecule has 1 aliphatic heterocycles. The molecule has 4 N–H and O–H groups in total. The number of hydrogen-bond acceptors (Lipinski definition) is 5. The monoisotopic (exact) mass is 456 g/mol. The van der Waals surface area contributed by atoms with E-state index in [-0.39, 0.29) is 23.9 Å². The quantitative estimate of drug-likeness (QED) is 0.481. The van der Waals surface area contributed by atoms with Crippen LogP contribution in [0.1, 0.15) is 49.0 Å². The predicted molar refractivity (Wildman–Crippen MR) is 118 cm³/mol. The number of hydrogen-bond donors (Lipinski definition) is 4. The van der Waals surface area contributed by atoms with Crippen molar-refractivity contribution in [2.24, 2.45) is 11.8 Å². The van der Waals surface area contributed by atoms with Gasteiger partial charge in [0.05, 0.1) is 22.8 Å². The van der Waals surface area contributed by atoms with Crippen LogP contribution in [0.3, 0.4) is 0 Å². The lowest BCUT2D eigenvalue weighted by Crippen LogP contribution is -2.50. The third-order valence-corrected chi connectivity index (χ3v) is 6.32. The number of H-pyrrole nitrogens is 1. The Kier molecular flexibility index (Phi) is 6.61. The molecule has 32 heavy (non-hydrogen) atoms. The zero-order valence-electron chi connectivity index (χ0n) is 17.5. The fourth-order valence-corrected chi connectivity index (χ4v) is 4.27. The molecule has 0 spiro atoms. The summed E-state index contributed by atoms with van der Waals surface area (Å²) >= 11 is 6.13. The van der Waals surface area contributed by atoms with Crippen LogP contribution in [0.2, 0.25) is 5.02 Å². The maximum atomic E-state index is 13.0. The van der Waals surface area contributed by atoms with Crippen molar-refractivity contribution in [2.45, 2.75) is 50.6 Å². The number of nitrogens with zero attached hydrogens (tertiary/aromatic N) is 2. The molecule has 3 unspecified atom stereocenters. The van der Waals surface area contributed by atoms with Gasteiger partial charge in [-0.3, -0.25) is 19.4 Å². The largest absolute Gasteiger partial charge is 0.356 e. The van der Waals surface area contributed by atoms with Crippen molar-refractivity contribution in [1.29, 1.82) is 5.26 Å². The molecule has 0 radical (unpaired) electrons. The molecule has 2 aromatic heterocycles. The van der Waals surface area contributed by atoms with Crippen LogP contribution in [0, 0.1) is 23.2 Å². The van der Waals surface area contributed by atoms with Gasteiger partial charge in [-0.25, -0.2) is 0 Å². The van der Waals surface area contributed by atoms with Gasteiger partial charge in [0.25, 0.3) is 5.91 Å². The van der Waals surface area contributed by atoms with Gasteiger partial charge in [-0.1, -0.05) is 24.4 Å². The fourth-order valence-electron chi connectivity index (χ4n) is 4.05. The standard InChI is InChI=1S/C22H25ClN6O3/c23-16-10-25-11-19-15(16)8-18(28-19)22(32)29-17(6-12-3-4-12)21(31)27-14(9-24)7-13-2-1-5-26-20(13)30/h8,10-14,17,28H,1-7H2,(H,26,30)(H,27,31)(H,29,32). The van der Waals surface area contributed by atoms with Crippen molar-refractivity contribution >= 4 is 40.2 Å². The molecule has 1 saturated heterocycles. The zero-order chi connectivity index (χ0) is 22.7. The topological polar surface area (TPSA) is 140 Å². The molecule has 1 aliphatic carbocycles. The van der Waals surface area contributed by atoms with E-state index in [1.165, 1.54) is 6.20 Å². The minimum absolute atomic E-state index is 0.0828. The maximum absolute atomic E-state index is 13.0. The van der Waals surface area contributed by atoms with E-state index in [0.717, 1.165) is 19.3 Å². The van der Waals surface area contributed by atoms with Gasteiger partial charge in [-0.15, -0.1) is 0 Å². The number of carbonyl (C=O) groups is 3. The average molecular weight is 457 g/mol. The SMILES string of the molecule is N#CC(CC1CCCNC1=O)NC(=O)C(CC1CC1)NC(=O)c1cc2c(Cl)cncc2[nH]1. The van der Waals surface area contributed by atoms with Crippen LogP contribution < -0.4 is 16.0 Å². The van der Waals surface area contributed by atoms with Crippen LogP contribution in [0.25, 0.3) is 10.9 Å². The molecular formula is C22H25ClN6O3. The van der Waals surface area contributed by atoms with E-state index in [2.05, 4.69) is 32.0 Å². The molecule has 9 nitrogen and oxygen atoms in total. The van der Waals surface area contributed by atoms with Gasteiger partial charge in [0.1, 0.15) is 17.8 Å². The Bertz CT molecular complexity index is 1070. The molecular weight excluding hydrogens is 432 g/mol. The molecule has 2 aromatic rings. The van der Waals surface area contributed by atoms with Gasteiger partial charge < -0.3 is 20.9 Å². The van der Waals surface area contributed by atoms with Crippen molar-refractivity contribution in [1.82, 2.24) is 25.9 Å². The molecule has 3 heterocycles. The summed E-state index contributed by atoms with van der Waals surface area (Å²) in [7, 11) is 0. The second-order valence-electron chi connectivity index (χ2n) is 8.53. The summed E-state index contributed by atoms with van der Waals surface area (Å²) in [4.78, 5) is 44.8. The van der Waals surface area contributed by atoms with Gasteiger partial charge >= 0.3 is 0 Å². The Morgan fingerprint density at radius 2 is 2.06 bits per heavy atom. The molecule has 1 saturated carbocycles. The predicted octanol–water partition coefficient (Wildman–Crippen LogP) is 2.04. The molecule has 3 amide bonds. The van der Waals surface area contributed by atoms with Crippen LogP contribution in [0.15, 0.2) is 18.5 Å². The lowest BCUT2D eigenvalue weighted by Gasteiger charge is -2.25. The van der Waals surface area contributed by atoms with E-state index in [1.807, 2.05) is 0 Å². The highest BCUT2D eigenvalue weighted by Gasteiger charge is 2.33. The molecule has 10 heteroatoms. The van der Waals surface area contributed by atoms with E-state index in [0.29, 0.717) is 41.2 Å². The normalized spacial score (nSPS) is 20.1. The summed E-state index contributed by atoms with van der Waals surface area (Å²) in [6.07, 6.45) is 7.40. The molecule has 2 aliphatic rings. The molecule has 0 aromatic carbocycles. The number of amides is 3. The minimum atomic E-state index is -0.798. The number of aromatic amines is 1. The Morgan fingerprint density at radius 1 is 1.25 bits per heavy atom. The number of carbonyl (C=O) groups excluding carboxylic acids is 3. The van der Waals surface area contributed by atoms with Crippen molar-refractivity contribution in [3.05, 3.63) is 29.2 Å². The highest BCUT2D eigenvalue weighted by molar-refractivity contribution is 6.35. The Hall–Kier alpha value is -3.12. The smallest absolute Gasteiger partial charge is 0.268 e. The maximum Gasteiger partial charge on any atom is 0.268 e. The highest BCUT2D eigenvalue weighted by atomic mass is 35.5. The second kappa shape index (κ2) is 9.57. The zero-order valence-corrected chi connectivity index (χ0v) is 18.2. The lowest BCUT2D eigenvalue weighted by molar-refractivity contribution is -0.128. The summed E-state index contributed by atoms with van der Waals surface area (Å²) in [6, 6.07) is 2.14. The van der Waals surface area contributed by atoms with Crippen LogP contribution in [0.4, 0.5) is 0 Å². The van der Waals surface area contributed by atoms with Crippen LogP contribution in [-0.4, -0.2) is 46.3 Å². The van der Waals surface area contributed by atoms with Crippen molar-refractivity contribution in [3.63, 3.8) is 0 Å². The molecule has 2 fully saturated rings. The average Bonchev–Trinajstić information content (AvgIpc) is 3.48. The lowest BCUT2D eigenvalue weighted by atomic mass is 9.92. The second-order valence-corrected chi connectivity index (χ2v) is 8.93. The number of pyridine rings is 1. The van der Waals surface area contributed by atoms with E-state index in [4.69, 9.17) is 11.6 Å². The van der Waals surface area contributed by atoms with E-state index >= 15 is 0 Å². The molecule has 168 valence electrons. The number of fused-ring (bicyclic) bond motifs is 1. The first-order chi connectivity index (χ1) is 15.4. The summed E-state index contributed by atoms with van der Waals surface area (Å²) in [5.41, 5.74) is 0.903. The summed E-state index contributed by atoms with van der Waals surface area (Å²) < 4.78 is 0. The number of halogens is 1. The third kappa shape index (κ3) is 5.19. The number of aromatic nitrogens is 2. The van der Waals surface area contributed by atoms with Gasteiger partial charge in [0.2, 0.25) is 11.8 Å². The summed E-state index contributed by atoms with van der Waals surface area (Å²) in [5.74, 6) is -0.852. The van der Waals surface area contributed by atoms with Crippen LogP contribution in [-0.2, 0) is 9.59 Å². The Labute approximate surface area is 190 Å². The Balaban J connectivity index is 1.42. The third-order valence-electron chi connectivity index (χ3n) is 6.02. The van der Waals surface area contributed by atoms with Crippen LogP contribution in [0.5, 0.6) is 0 Å². The first-order valence-electron chi connectivity index (χ1n) is 10.9. The first kappa shape index (κ1) is 22.1. The molecule has 4 rings (SSSR count). The number of rotatable bonds is 8. The minimum Gasteiger partial charge on any atom is -0.356 e. The van der Waals surface area contributed by atoms with E-state index in [1.54, 1.807) is 12.3 Å². The highest BCUT2D eigenvalue weighted by Crippen LogP contribution is 2.33.